The van der Waals surface area contributed by atoms with Gasteiger partial charge in [0.25, 0.3) is 10.0 Å². The van der Waals surface area contributed by atoms with Crippen molar-refractivity contribution in [3.63, 3.8) is 0 Å². The SMILES string of the molecule is O=c1ccc2cc(S(=O)(=O)N3CCCc4ccccc43)ccc2o1. The first-order chi connectivity index (χ1) is 11.6. The second-order valence-electron chi connectivity index (χ2n) is 5.76. The van der Waals surface area contributed by atoms with Crippen molar-refractivity contribution in [1.29, 1.82) is 0 Å². The van der Waals surface area contributed by atoms with E-state index in [-0.39, 0.29) is 4.90 Å². The molecule has 0 bridgehead atoms. The number of hydrogen-bond donors (Lipinski definition) is 0. The average Bonchev–Trinajstić information content (AvgIpc) is 2.60. The van der Waals surface area contributed by atoms with Gasteiger partial charge < -0.3 is 4.42 Å². The van der Waals surface area contributed by atoms with Crippen molar-refractivity contribution in [2.45, 2.75) is 17.7 Å². The lowest BCUT2D eigenvalue weighted by atomic mass is 10.0. The first-order valence-corrected chi connectivity index (χ1v) is 9.14. The maximum Gasteiger partial charge on any atom is 0.336 e. The molecule has 24 heavy (non-hydrogen) atoms. The third-order valence-electron chi connectivity index (χ3n) is 4.25. The van der Waals surface area contributed by atoms with Gasteiger partial charge in [-0.05, 0) is 48.7 Å². The zero-order valence-corrected chi connectivity index (χ0v) is 13.6. The van der Waals surface area contributed by atoms with Crippen LogP contribution in [0.2, 0.25) is 0 Å². The summed E-state index contributed by atoms with van der Waals surface area (Å²) in [5.74, 6) is 0. The van der Waals surface area contributed by atoms with Gasteiger partial charge in [-0.15, -0.1) is 0 Å². The number of anilines is 1. The van der Waals surface area contributed by atoms with Crippen LogP contribution in [0.4, 0.5) is 5.69 Å². The van der Waals surface area contributed by atoms with Crippen molar-refractivity contribution in [2.24, 2.45) is 0 Å². The van der Waals surface area contributed by atoms with E-state index < -0.39 is 15.6 Å². The predicted octanol–water partition coefficient (Wildman–Crippen LogP) is 2.93. The van der Waals surface area contributed by atoms with Gasteiger partial charge in [0.15, 0.2) is 0 Å². The molecule has 0 saturated heterocycles. The molecule has 0 N–H and O–H groups in total. The third kappa shape index (κ3) is 2.39. The minimum absolute atomic E-state index is 0.195. The monoisotopic (exact) mass is 341 g/mol. The van der Waals surface area contributed by atoms with E-state index in [1.165, 1.54) is 22.5 Å². The Morgan fingerprint density at radius 1 is 1.00 bits per heavy atom. The van der Waals surface area contributed by atoms with E-state index >= 15 is 0 Å². The van der Waals surface area contributed by atoms with Crippen LogP contribution in [0.3, 0.4) is 0 Å². The molecule has 1 aromatic heterocycles. The van der Waals surface area contributed by atoms with Gasteiger partial charge in [-0.2, -0.15) is 0 Å². The molecule has 0 aliphatic carbocycles. The molecule has 122 valence electrons. The lowest BCUT2D eigenvalue weighted by molar-refractivity contribution is 0.560. The molecule has 2 heterocycles. The molecule has 0 spiro atoms. The van der Waals surface area contributed by atoms with Crippen molar-refractivity contribution in [3.05, 3.63) is 70.6 Å². The van der Waals surface area contributed by atoms with Crippen LogP contribution in [0.5, 0.6) is 0 Å². The third-order valence-corrected chi connectivity index (χ3v) is 6.06. The summed E-state index contributed by atoms with van der Waals surface area (Å²) in [6.45, 7) is 0.460. The zero-order chi connectivity index (χ0) is 16.7. The molecule has 2 aromatic carbocycles. The van der Waals surface area contributed by atoms with Crippen LogP contribution in [0.1, 0.15) is 12.0 Å². The summed E-state index contributed by atoms with van der Waals surface area (Å²) in [6, 6.07) is 15.0. The predicted molar refractivity (Wildman–Crippen MR) is 91.8 cm³/mol. The van der Waals surface area contributed by atoms with Gasteiger partial charge in [0.1, 0.15) is 5.58 Å². The minimum Gasteiger partial charge on any atom is -0.423 e. The molecule has 0 fully saturated rings. The van der Waals surface area contributed by atoms with E-state index in [0.717, 1.165) is 24.1 Å². The number of nitrogens with zero attached hydrogens (tertiary/aromatic N) is 1. The van der Waals surface area contributed by atoms with E-state index in [9.17, 15) is 13.2 Å². The topological polar surface area (TPSA) is 67.6 Å². The van der Waals surface area contributed by atoms with E-state index in [0.29, 0.717) is 17.5 Å². The Morgan fingerprint density at radius 3 is 2.71 bits per heavy atom. The molecule has 4 rings (SSSR count). The highest BCUT2D eigenvalue weighted by Gasteiger charge is 2.29. The van der Waals surface area contributed by atoms with Crippen molar-refractivity contribution >= 4 is 26.7 Å². The molecule has 5 nitrogen and oxygen atoms in total. The summed E-state index contributed by atoms with van der Waals surface area (Å²) in [4.78, 5) is 11.5. The number of rotatable bonds is 2. The van der Waals surface area contributed by atoms with Gasteiger partial charge >= 0.3 is 5.63 Å². The van der Waals surface area contributed by atoms with E-state index in [1.54, 1.807) is 12.1 Å². The Morgan fingerprint density at radius 2 is 1.83 bits per heavy atom. The van der Waals surface area contributed by atoms with Crippen molar-refractivity contribution in [3.8, 4) is 0 Å². The number of para-hydroxylation sites is 1. The molecule has 0 unspecified atom stereocenters. The van der Waals surface area contributed by atoms with Crippen molar-refractivity contribution in [2.75, 3.05) is 10.8 Å². The Balaban J connectivity index is 1.84. The summed E-state index contributed by atoms with van der Waals surface area (Å²) >= 11 is 0. The molecular formula is C18H15NO4S. The van der Waals surface area contributed by atoms with Crippen LogP contribution in [0.15, 0.2) is 68.7 Å². The molecule has 0 saturated carbocycles. The number of benzene rings is 2. The lowest BCUT2D eigenvalue weighted by Crippen LogP contribution is -2.35. The van der Waals surface area contributed by atoms with Crippen LogP contribution in [-0.2, 0) is 16.4 Å². The molecule has 0 amide bonds. The summed E-state index contributed by atoms with van der Waals surface area (Å²) < 4.78 is 32.7. The molecular weight excluding hydrogens is 326 g/mol. The van der Waals surface area contributed by atoms with Gasteiger partial charge in [0, 0.05) is 18.0 Å². The van der Waals surface area contributed by atoms with Crippen LogP contribution < -0.4 is 9.93 Å². The quantitative estimate of drug-likeness (QED) is 0.672. The van der Waals surface area contributed by atoms with Gasteiger partial charge in [-0.25, -0.2) is 13.2 Å². The summed E-state index contributed by atoms with van der Waals surface area (Å²) in [7, 11) is -3.66. The van der Waals surface area contributed by atoms with Gasteiger partial charge in [0.05, 0.1) is 10.6 Å². The van der Waals surface area contributed by atoms with E-state index in [4.69, 9.17) is 4.42 Å². The van der Waals surface area contributed by atoms with Crippen molar-refractivity contribution < 1.29 is 12.8 Å². The second kappa shape index (κ2) is 5.49. The fourth-order valence-electron chi connectivity index (χ4n) is 3.09. The highest BCUT2D eigenvalue weighted by molar-refractivity contribution is 7.92. The summed E-state index contributed by atoms with van der Waals surface area (Å²) in [5.41, 5.74) is 1.70. The largest absolute Gasteiger partial charge is 0.423 e. The fraction of sp³-hybridized carbons (Fsp3) is 0.167. The summed E-state index contributed by atoms with van der Waals surface area (Å²) in [6.07, 6.45) is 1.67. The molecule has 0 radical (unpaired) electrons. The van der Waals surface area contributed by atoms with E-state index in [1.807, 2.05) is 24.3 Å². The molecule has 0 atom stereocenters. The molecule has 1 aliphatic rings. The highest BCUT2D eigenvalue weighted by Crippen LogP contribution is 2.32. The second-order valence-corrected chi connectivity index (χ2v) is 7.63. The fourth-order valence-corrected chi connectivity index (χ4v) is 4.66. The Bertz CT molecular complexity index is 1090. The number of fused-ring (bicyclic) bond motifs is 2. The molecule has 6 heteroatoms. The Hall–Kier alpha value is -2.60. The Kier molecular flexibility index (Phi) is 3.42. The first-order valence-electron chi connectivity index (χ1n) is 7.70. The van der Waals surface area contributed by atoms with Crippen LogP contribution in [0, 0.1) is 0 Å². The average molecular weight is 341 g/mol. The Labute approximate surface area is 139 Å². The summed E-state index contributed by atoms with van der Waals surface area (Å²) in [5, 5.41) is 0.584. The number of sulfonamides is 1. The molecule has 1 aliphatic heterocycles. The first kappa shape index (κ1) is 15.0. The minimum atomic E-state index is -3.66. The van der Waals surface area contributed by atoms with Crippen molar-refractivity contribution in [1.82, 2.24) is 0 Å². The standard InChI is InChI=1S/C18H15NO4S/c20-18-10-7-14-12-15(8-9-17(14)23-18)24(21,22)19-11-3-5-13-4-1-2-6-16(13)19/h1-2,4,6-10,12H,3,5,11H2. The molecule has 3 aromatic rings. The normalized spacial score (nSPS) is 14.6. The van der Waals surface area contributed by atoms with E-state index in [2.05, 4.69) is 0 Å². The smallest absolute Gasteiger partial charge is 0.336 e. The maximum absolute atomic E-state index is 13.1. The lowest BCUT2D eigenvalue weighted by Gasteiger charge is -2.30. The maximum atomic E-state index is 13.1. The zero-order valence-electron chi connectivity index (χ0n) is 12.8. The highest BCUT2D eigenvalue weighted by atomic mass is 32.2. The van der Waals surface area contributed by atoms with Crippen LogP contribution in [0.25, 0.3) is 11.0 Å². The van der Waals surface area contributed by atoms with Gasteiger partial charge in [-0.3, -0.25) is 4.31 Å². The number of hydrogen-bond acceptors (Lipinski definition) is 4. The van der Waals surface area contributed by atoms with Crippen LogP contribution >= 0.6 is 0 Å². The van der Waals surface area contributed by atoms with Crippen LogP contribution in [-0.4, -0.2) is 15.0 Å². The van der Waals surface area contributed by atoms with Gasteiger partial charge in [-0.1, -0.05) is 18.2 Å². The van der Waals surface area contributed by atoms with Gasteiger partial charge in [0.2, 0.25) is 0 Å². The number of aryl methyl sites for hydroxylation is 1.